The summed E-state index contributed by atoms with van der Waals surface area (Å²) in [7, 11) is 0. The van der Waals surface area contributed by atoms with Crippen LogP contribution < -0.4 is 26.6 Å². The van der Waals surface area contributed by atoms with E-state index < -0.39 is 0 Å². The van der Waals surface area contributed by atoms with Crippen LogP contribution in [0.4, 0.5) is 0 Å². The predicted molar refractivity (Wildman–Crippen MR) is 87.7 cm³/mol. The Balaban J connectivity index is 2.96. The summed E-state index contributed by atoms with van der Waals surface area (Å²) in [6.45, 7) is 12.3. The highest BCUT2D eigenvalue weighted by molar-refractivity contribution is 4.59. The third-order valence-corrected chi connectivity index (χ3v) is 2.79. The van der Waals surface area contributed by atoms with Crippen LogP contribution >= 0.6 is 0 Å². The van der Waals surface area contributed by atoms with Gasteiger partial charge in [-0.05, 0) is 13.8 Å². The first-order valence-corrected chi connectivity index (χ1v) is 8.02. The molecule has 21 heavy (non-hydrogen) atoms. The molecule has 0 heterocycles. The second-order valence-electron chi connectivity index (χ2n) is 5.36. The van der Waals surface area contributed by atoms with Crippen LogP contribution in [0.2, 0.25) is 0 Å². The Morgan fingerprint density at radius 2 is 0.762 bits per heavy atom. The van der Waals surface area contributed by atoms with Crippen molar-refractivity contribution in [3.8, 4) is 0 Å². The van der Waals surface area contributed by atoms with Crippen molar-refractivity contribution >= 4 is 0 Å². The lowest BCUT2D eigenvalue weighted by Gasteiger charge is -2.10. The van der Waals surface area contributed by atoms with Gasteiger partial charge in [-0.1, -0.05) is 0 Å². The van der Waals surface area contributed by atoms with Gasteiger partial charge >= 0.3 is 0 Å². The number of hydrogen-bond acceptors (Lipinski definition) is 7. The van der Waals surface area contributed by atoms with Crippen molar-refractivity contribution in [2.75, 3.05) is 65.4 Å². The Hall–Kier alpha value is -0.280. The maximum atomic E-state index is 9.05. The van der Waals surface area contributed by atoms with E-state index in [1.807, 2.05) is 0 Å². The lowest BCUT2D eigenvalue weighted by Crippen LogP contribution is -2.37. The number of rotatable bonds is 16. The molecule has 128 valence electrons. The van der Waals surface area contributed by atoms with E-state index in [-0.39, 0.29) is 12.2 Å². The monoisotopic (exact) mass is 305 g/mol. The summed E-state index contributed by atoms with van der Waals surface area (Å²) in [4.78, 5) is 0. The molecule has 0 saturated carbocycles. The lowest BCUT2D eigenvalue weighted by atomic mass is 10.4. The third kappa shape index (κ3) is 19.7. The van der Waals surface area contributed by atoms with E-state index in [0.29, 0.717) is 13.1 Å². The van der Waals surface area contributed by atoms with Crippen molar-refractivity contribution in [3.63, 3.8) is 0 Å². The van der Waals surface area contributed by atoms with Gasteiger partial charge in [-0.25, -0.2) is 0 Å². The Kier molecular flexibility index (Phi) is 15.9. The zero-order valence-electron chi connectivity index (χ0n) is 13.6. The molecule has 0 aliphatic rings. The van der Waals surface area contributed by atoms with Gasteiger partial charge in [0.15, 0.2) is 0 Å². The van der Waals surface area contributed by atoms with Crippen molar-refractivity contribution in [1.82, 2.24) is 26.6 Å². The molecule has 0 aromatic carbocycles. The fourth-order valence-corrected chi connectivity index (χ4v) is 1.70. The SMILES string of the molecule is CC(O)CNCCNCCNCCNCCNCC(C)O. The smallest absolute Gasteiger partial charge is 0.0636 e. The highest BCUT2D eigenvalue weighted by Gasteiger charge is 1.94. The summed E-state index contributed by atoms with van der Waals surface area (Å²) in [6, 6.07) is 0. The average Bonchev–Trinajstić information content (AvgIpc) is 2.42. The quantitative estimate of drug-likeness (QED) is 0.161. The molecule has 0 aromatic rings. The van der Waals surface area contributed by atoms with Gasteiger partial charge in [0.25, 0.3) is 0 Å². The van der Waals surface area contributed by atoms with E-state index in [2.05, 4.69) is 26.6 Å². The number of aliphatic hydroxyl groups is 2. The van der Waals surface area contributed by atoms with Gasteiger partial charge in [0.1, 0.15) is 0 Å². The minimum atomic E-state index is -0.276. The molecule has 0 aromatic heterocycles. The van der Waals surface area contributed by atoms with Gasteiger partial charge < -0.3 is 36.8 Å². The fraction of sp³-hybridized carbons (Fsp3) is 1.00. The maximum absolute atomic E-state index is 9.05. The van der Waals surface area contributed by atoms with Crippen LogP contribution in [0.15, 0.2) is 0 Å². The number of aliphatic hydroxyl groups excluding tert-OH is 2. The first kappa shape index (κ1) is 20.7. The van der Waals surface area contributed by atoms with Crippen LogP contribution in [0.3, 0.4) is 0 Å². The highest BCUT2D eigenvalue weighted by Crippen LogP contribution is 1.73. The summed E-state index contributed by atoms with van der Waals surface area (Å²) in [5.74, 6) is 0. The molecule has 0 aliphatic heterocycles. The zero-order valence-corrected chi connectivity index (χ0v) is 13.6. The maximum Gasteiger partial charge on any atom is 0.0636 e. The van der Waals surface area contributed by atoms with Crippen molar-refractivity contribution in [1.29, 1.82) is 0 Å². The van der Waals surface area contributed by atoms with Crippen LogP contribution in [0.5, 0.6) is 0 Å². The van der Waals surface area contributed by atoms with Crippen LogP contribution in [0.1, 0.15) is 13.8 Å². The van der Waals surface area contributed by atoms with E-state index in [0.717, 1.165) is 52.4 Å². The molecule has 7 heteroatoms. The zero-order chi connectivity index (χ0) is 15.8. The van der Waals surface area contributed by atoms with Gasteiger partial charge in [0.2, 0.25) is 0 Å². The highest BCUT2D eigenvalue weighted by atomic mass is 16.3. The van der Waals surface area contributed by atoms with E-state index in [4.69, 9.17) is 10.2 Å². The van der Waals surface area contributed by atoms with Crippen molar-refractivity contribution < 1.29 is 10.2 Å². The van der Waals surface area contributed by atoms with Gasteiger partial charge in [-0.3, -0.25) is 0 Å². The predicted octanol–water partition coefficient (Wildman–Crippen LogP) is -2.30. The second kappa shape index (κ2) is 16.1. The molecule has 0 spiro atoms. The molecule has 7 nitrogen and oxygen atoms in total. The molecule has 0 aliphatic carbocycles. The summed E-state index contributed by atoms with van der Waals surface area (Å²) in [5.41, 5.74) is 0. The molecular formula is C14H35N5O2. The van der Waals surface area contributed by atoms with Crippen molar-refractivity contribution in [2.45, 2.75) is 26.1 Å². The second-order valence-corrected chi connectivity index (χ2v) is 5.36. The molecule has 0 saturated heterocycles. The Morgan fingerprint density at radius 3 is 1.00 bits per heavy atom. The summed E-state index contributed by atoms with van der Waals surface area (Å²) in [5, 5.41) is 34.4. The topological polar surface area (TPSA) is 101 Å². The van der Waals surface area contributed by atoms with Crippen molar-refractivity contribution in [3.05, 3.63) is 0 Å². The average molecular weight is 305 g/mol. The molecule has 0 amide bonds. The van der Waals surface area contributed by atoms with Crippen LogP contribution in [-0.4, -0.2) is 87.9 Å². The standard InChI is InChI=1S/C14H35N5O2/c1-13(20)11-18-9-7-16-5-3-15-4-6-17-8-10-19-12-14(2)21/h13-21H,3-12H2,1-2H3. The first-order chi connectivity index (χ1) is 10.1. The van der Waals surface area contributed by atoms with Gasteiger partial charge in [0.05, 0.1) is 12.2 Å². The third-order valence-electron chi connectivity index (χ3n) is 2.79. The van der Waals surface area contributed by atoms with E-state index in [1.54, 1.807) is 13.8 Å². The fourth-order valence-electron chi connectivity index (χ4n) is 1.70. The summed E-state index contributed by atoms with van der Waals surface area (Å²) < 4.78 is 0. The van der Waals surface area contributed by atoms with E-state index in [1.165, 1.54) is 0 Å². The molecule has 0 fully saturated rings. The Bertz CT molecular complexity index is 186. The molecule has 2 unspecified atom stereocenters. The van der Waals surface area contributed by atoms with Crippen molar-refractivity contribution in [2.24, 2.45) is 0 Å². The van der Waals surface area contributed by atoms with Gasteiger partial charge in [-0.15, -0.1) is 0 Å². The molecule has 2 atom stereocenters. The van der Waals surface area contributed by atoms with Gasteiger partial charge in [0, 0.05) is 65.4 Å². The van der Waals surface area contributed by atoms with Crippen LogP contribution in [0, 0.1) is 0 Å². The van der Waals surface area contributed by atoms with Crippen LogP contribution in [0.25, 0.3) is 0 Å². The van der Waals surface area contributed by atoms with Crippen LogP contribution in [-0.2, 0) is 0 Å². The number of nitrogens with one attached hydrogen (secondary N) is 5. The minimum Gasteiger partial charge on any atom is -0.392 e. The van der Waals surface area contributed by atoms with E-state index in [9.17, 15) is 0 Å². The Morgan fingerprint density at radius 1 is 0.524 bits per heavy atom. The molecule has 0 bridgehead atoms. The first-order valence-electron chi connectivity index (χ1n) is 8.02. The molecule has 0 radical (unpaired) electrons. The summed E-state index contributed by atoms with van der Waals surface area (Å²) >= 11 is 0. The van der Waals surface area contributed by atoms with Gasteiger partial charge in [-0.2, -0.15) is 0 Å². The summed E-state index contributed by atoms with van der Waals surface area (Å²) in [6.07, 6.45) is -0.553. The minimum absolute atomic E-state index is 0.276. The lowest BCUT2D eigenvalue weighted by molar-refractivity contribution is 0.191. The normalized spacial score (nSPS) is 14.3. The molecular weight excluding hydrogens is 270 g/mol. The molecule has 7 N–H and O–H groups in total. The number of hydrogen-bond donors (Lipinski definition) is 7. The molecule has 0 rings (SSSR count). The Labute approximate surface area is 129 Å². The largest absolute Gasteiger partial charge is 0.392 e. The van der Waals surface area contributed by atoms with E-state index >= 15 is 0 Å².